The van der Waals surface area contributed by atoms with E-state index in [4.69, 9.17) is 0 Å². The molecule has 0 aliphatic carbocycles. The molecule has 0 saturated carbocycles. The first-order chi connectivity index (χ1) is 8.16. The number of hydrogen-bond donors (Lipinski definition) is 0. The highest BCUT2D eigenvalue weighted by atomic mass is 32.2. The molecule has 0 fully saturated rings. The largest absolute Gasteiger partial charge is 0.250 e. The van der Waals surface area contributed by atoms with Crippen molar-refractivity contribution in [2.75, 3.05) is 0 Å². The van der Waals surface area contributed by atoms with Gasteiger partial charge in [-0.2, -0.15) is 0 Å². The van der Waals surface area contributed by atoms with Crippen LogP contribution >= 0.6 is 11.8 Å². The van der Waals surface area contributed by atoms with Crippen LogP contribution in [0.4, 0.5) is 0 Å². The van der Waals surface area contributed by atoms with Crippen LogP contribution in [0.15, 0.2) is 47.6 Å². The summed E-state index contributed by atoms with van der Waals surface area (Å²) in [5.41, 5.74) is 4.08. The summed E-state index contributed by atoms with van der Waals surface area (Å²) in [7, 11) is 0. The standard InChI is InChI=1S/C15H17NS/c1-11-7-8-12(2)14(10-11)13(3)17-15-6-4-5-9-16-15/h4-10,13H,1-3H3. The molecule has 1 nitrogen and oxygen atoms in total. The minimum absolute atomic E-state index is 0.435. The highest BCUT2D eigenvalue weighted by Gasteiger charge is 2.10. The Balaban J connectivity index is 2.20. The summed E-state index contributed by atoms with van der Waals surface area (Å²) < 4.78 is 0. The summed E-state index contributed by atoms with van der Waals surface area (Å²) >= 11 is 1.81. The summed E-state index contributed by atoms with van der Waals surface area (Å²) in [5, 5.41) is 1.52. The van der Waals surface area contributed by atoms with Crippen molar-refractivity contribution in [3.8, 4) is 0 Å². The zero-order valence-corrected chi connectivity index (χ0v) is 11.3. The van der Waals surface area contributed by atoms with Crippen molar-refractivity contribution in [1.82, 2.24) is 4.98 Å². The summed E-state index contributed by atoms with van der Waals surface area (Å²) in [6, 6.07) is 12.7. The van der Waals surface area contributed by atoms with Crippen molar-refractivity contribution in [2.45, 2.75) is 31.0 Å². The Bertz CT molecular complexity index is 494. The molecule has 2 rings (SSSR count). The molecule has 2 aromatic rings. The SMILES string of the molecule is Cc1ccc(C)c(C(C)Sc2ccccn2)c1. The first-order valence-corrected chi connectivity index (χ1v) is 6.69. The van der Waals surface area contributed by atoms with Gasteiger partial charge in [0.15, 0.2) is 0 Å². The van der Waals surface area contributed by atoms with Crippen LogP contribution in [0.3, 0.4) is 0 Å². The average molecular weight is 243 g/mol. The van der Waals surface area contributed by atoms with Crippen molar-refractivity contribution in [3.63, 3.8) is 0 Å². The second-order valence-corrected chi connectivity index (χ2v) is 5.65. The van der Waals surface area contributed by atoms with E-state index in [2.05, 4.69) is 50.0 Å². The Hall–Kier alpha value is -1.28. The maximum Gasteiger partial charge on any atom is 0.0965 e. The quantitative estimate of drug-likeness (QED) is 0.733. The van der Waals surface area contributed by atoms with Crippen LogP contribution in [-0.4, -0.2) is 4.98 Å². The van der Waals surface area contributed by atoms with Crippen LogP contribution in [0.25, 0.3) is 0 Å². The number of aryl methyl sites for hydroxylation is 2. The lowest BCUT2D eigenvalue weighted by Gasteiger charge is -2.14. The molecule has 0 radical (unpaired) electrons. The second-order valence-electron chi connectivity index (χ2n) is 4.29. The van der Waals surface area contributed by atoms with Gasteiger partial charge in [-0.3, -0.25) is 0 Å². The molecule has 1 aromatic carbocycles. The van der Waals surface area contributed by atoms with Gasteiger partial charge in [-0.25, -0.2) is 4.98 Å². The second kappa shape index (κ2) is 5.37. The molecular weight excluding hydrogens is 226 g/mol. The van der Waals surface area contributed by atoms with E-state index >= 15 is 0 Å². The number of benzene rings is 1. The van der Waals surface area contributed by atoms with Gasteiger partial charge in [-0.05, 0) is 44.0 Å². The molecule has 2 heteroatoms. The molecular formula is C15H17NS. The molecule has 0 spiro atoms. The summed E-state index contributed by atoms with van der Waals surface area (Å²) in [5.74, 6) is 0. The first kappa shape index (κ1) is 12.2. The molecule has 0 N–H and O–H groups in total. The van der Waals surface area contributed by atoms with E-state index in [1.807, 2.05) is 30.1 Å². The predicted molar refractivity (Wildman–Crippen MR) is 74.4 cm³/mol. The summed E-state index contributed by atoms with van der Waals surface area (Å²) in [4.78, 5) is 4.36. The van der Waals surface area contributed by atoms with Crippen molar-refractivity contribution >= 4 is 11.8 Å². The molecule has 0 saturated heterocycles. The summed E-state index contributed by atoms with van der Waals surface area (Å²) in [6.45, 7) is 6.55. The van der Waals surface area contributed by atoms with Gasteiger partial charge in [0.05, 0.1) is 5.03 Å². The van der Waals surface area contributed by atoms with Gasteiger partial charge in [0.25, 0.3) is 0 Å². The smallest absolute Gasteiger partial charge is 0.0965 e. The van der Waals surface area contributed by atoms with E-state index in [9.17, 15) is 0 Å². The first-order valence-electron chi connectivity index (χ1n) is 5.81. The minimum atomic E-state index is 0.435. The summed E-state index contributed by atoms with van der Waals surface area (Å²) in [6.07, 6.45) is 1.85. The molecule has 88 valence electrons. The van der Waals surface area contributed by atoms with Crippen molar-refractivity contribution in [1.29, 1.82) is 0 Å². The van der Waals surface area contributed by atoms with E-state index in [-0.39, 0.29) is 0 Å². The predicted octanol–water partition coefficient (Wildman–Crippen LogP) is 4.55. The fourth-order valence-electron chi connectivity index (χ4n) is 1.86. The topological polar surface area (TPSA) is 12.9 Å². The third-order valence-electron chi connectivity index (χ3n) is 2.81. The lowest BCUT2D eigenvalue weighted by atomic mass is 10.0. The van der Waals surface area contributed by atoms with Crippen LogP contribution in [0, 0.1) is 13.8 Å². The van der Waals surface area contributed by atoms with E-state index < -0.39 is 0 Å². The average Bonchev–Trinajstić information content (AvgIpc) is 2.33. The highest BCUT2D eigenvalue weighted by Crippen LogP contribution is 2.35. The molecule has 1 unspecified atom stereocenters. The van der Waals surface area contributed by atoms with Gasteiger partial charge in [0.2, 0.25) is 0 Å². The van der Waals surface area contributed by atoms with Crippen LogP contribution < -0.4 is 0 Å². The number of thioether (sulfide) groups is 1. The zero-order valence-electron chi connectivity index (χ0n) is 10.5. The van der Waals surface area contributed by atoms with Crippen LogP contribution in [0.1, 0.15) is 28.9 Å². The Kier molecular flexibility index (Phi) is 3.85. The van der Waals surface area contributed by atoms with Gasteiger partial charge in [-0.1, -0.05) is 41.6 Å². The third-order valence-corrected chi connectivity index (χ3v) is 3.90. The highest BCUT2D eigenvalue weighted by molar-refractivity contribution is 7.99. The van der Waals surface area contributed by atoms with Gasteiger partial charge >= 0.3 is 0 Å². The van der Waals surface area contributed by atoms with E-state index in [1.54, 1.807) is 0 Å². The minimum Gasteiger partial charge on any atom is -0.250 e. The number of rotatable bonds is 3. The van der Waals surface area contributed by atoms with Gasteiger partial charge in [0, 0.05) is 11.4 Å². The van der Waals surface area contributed by atoms with Crippen LogP contribution in [0.5, 0.6) is 0 Å². The fourth-order valence-corrected chi connectivity index (χ4v) is 2.88. The van der Waals surface area contributed by atoms with Crippen LogP contribution in [0.2, 0.25) is 0 Å². The number of aromatic nitrogens is 1. The van der Waals surface area contributed by atoms with Gasteiger partial charge in [-0.15, -0.1) is 0 Å². The Morgan fingerprint density at radius 1 is 1.12 bits per heavy atom. The van der Waals surface area contributed by atoms with Crippen LogP contribution in [-0.2, 0) is 0 Å². The third kappa shape index (κ3) is 3.10. The molecule has 0 aliphatic rings. The van der Waals surface area contributed by atoms with E-state index in [1.165, 1.54) is 16.7 Å². The molecule has 0 aliphatic heterocycles. The Labute approximate surface area is 107 Å². The lowest BCUT2D eigenvalue weighted by molar-refractivity contribution is 1.04. The molecule has 0 amide bonds. The molecule has 1 heterocycles. The van der Waals surface area contributed by atoms with E-state index in [0.29, 0.717) is 5.25 Å². The number of nitrogens with zero attached hydrogens (tertiary/aromatic N) is 1. The molecule has 17 heavy (non-hydrogen) atoms. The van der Waals surface area contributed by atoms with Crippen molar-refractivity contribution in [2.24, 2.45) is 0 Å². The van der Waals surface area contributed by atoms with Crippen molar-refractivity contribution in [3.05, 3.63) is 59.3 Å². The van der Waals surface area contributed by atoms with Gasteiger partial charge in [0.1, 0.15) is 0 Å². The fraction of sp³-hybridized carbons (Fsp3) is 0.267. The van der Waals surface area contributed by atoms with Crippen molar-refractivity contribution < 1.29 is 0 Å². The zero-order chi connectivity index (χ0) is 12.3. The monoisotopic (exact) mass is 243 g/mol. The Morgan fingerprint density at radius 2 is 1.94 bits per heavy atom. The van der Waals surface area contributed by atoms with E-state index in [0.717, 1.165) is 5.03 Å². The van der Waals surface area contributed by atoms with Gasteiger partial charge < -0.3 is 0 Å². The Morgan fingerprint density at radius 3 is 2.65 bits per heavy atom. The molecule has 0 bridgehead atoms. The number of pyridine rings is 1. The normalized spacial score (nSPS) is 12.4. The maximum atomic E-state index is 4.36. The molecule has 1 aromatic heterocycles. The number of hydrogen-bond acceptors (Lipinski definition) is 2. The molecule has 1 atom stereocenters. The maximum absolute atomic E-state index is 4.36. The lowest BCUT2D eigenvalue weighted by Crippen LogP contribution is -1.94.